The summed E-state index contributed by atoms with van der Waals surface area (Å²) in [4.78, 5) is 12.2. The van der Waals surface area contributed by atoms with Crippen LogP contribution in [0.4, 0.5) is 0 Å². The first kappa shape index (κ1) is 36.5. The summed E-state index contributed by atoms with van der Waals surface area (Å²) in [5.41, 5.74) is 0. The van der Waals surface area contributed by atoms with Gasteiger partial charge in [0.25, 0.3) is 0 Å². The fourth-order valence-corrected chi connectivity index (χ4v) is 5.72. The Labute approximate surface area is 234 Å². The molecule has 0 saturated carbocycles. The van der Waals surface area contributed by atoms with E-state index in [0.717, 1.165) is 12.8 Å². The first-order chi connectivity index (χ1) is 18.3. The van der Waals surface area contributed by atoms with Crippen molar-refractivity contribution in [2.45, 2.75) is 206 Å². The molecule has 0 amide bonds. The molecule has 0 aliphatic rings. The van der Waals surface area contributed by atoms with E-state index in [-0.39, 0.29) is 11.9 Å². The second-order valence-electron chi connectivity index (χ2n) is 12.0. The molecule has 37 heavy (non-hydrogen) atoms. The van der Waals surface area contributed by atoms with Crippen molar-refractivity contribution in [2.75, 3.05) is 7.11 Å². The number of carbonyl (C=O) groups excluding carboxylic acids is 1. The van der Waals surface area contributed by atoms with Gasteiger partial charge in [0.15, 0.2) is 0 Å². The molecule has 0 unspecified atom stereocenters. The van der Waals surface area contributed by atoms with E-state index in [2.05, 4.69) is 13.8 Å². The van der Waals surface area contributed by atoms with E-state index in [9.17, 15) is 4.79 Å². The molecule has 0 atom stereocenters. The summed E-state index contributed by atoms with van der Waals surface area (Å²) in [7, 11) is 1.56. The lowest BCUT2D eigenvalue weighted by atomic mass is 9.94. The third-order valence-corrected chi connectivity index (χ3v) is 8.35. The molecule has 0 rings (SSSR count). The zero-order valence-corrected chi connectivity index (χ0v) is 26.1. The smallest absolute Gasteiger partial charge is 0.308 e. The van der Waals surface area contributed by atoms with E-state index in [1.165, 1.54) is 180 Å². The van der Waals surface area contributed by atoms with Crippen LogP contribution in [0, 0.1) is 5.92 Å². The van der Waals surface area contributed by atoms with Crippen molar-refractivity contribution in [1.29, 1.82) is 0 Å². The van der Waals surface area contributed by atoms with Crippen molar-refractivity contribution in [1.82, 2.24) is 0 Å². The summed E-state index contributed by atoms with van der Waals surface area (Å²) in [5.74, 6) is 0.170. The maximum atomic E-state index is 12.2. The van der Waals surface area contributed by atoms with E-state index in [1.807, 2.05) is 0 Å². The molecule has 0 aromatic rings. The highest BCUT2D eigenvalue weighted by atomic mass is 16.5. The molecule has 0 aliphatic heterocycles. The van der Waals surface area contributed by atoms with Gasteiger partial charge in [-0.3, -0.25) is 4.79 Å². The van der Waals surface area contributed by atoms with Crippen LogP contribution < -0.4 is 0 Å². The average Bonchev–Trinajstić information content (AvgIpc) is 2.91. The van der Waals surface area contributed by atoms with Crippen LogP contribution in [0.3, 0.4) is 0 Å². The van der Waals surface area contributed by atoms with Crippen LogP contribution in [-0.2, 0) is 9.53 Å². The van der Waals surface area contributed by atoms with Gasteiger partial charge in [-0.2, -0.15) is 0 Å². The molecule has 0 radical (unpaired) electrons. The molecule has 0 heterocycles. The van der Waals surface area contributed by atoms with Crippen LogP contribution in [0.2, 0.25) is 0 Å². The van der Waals surface area contributed by atoms with Crippen LogP contribution in [0.15, 0.2) is 0 Å². The molecule has 222 valence electrons. The van der Waals surface area contributed by atoms with Crippen molar-refractivity contribution in [2.24, 2.45) is 5.92 Å². The third-order valence-electron chi connectivity index (χ3n) is 8.35. The summed E-state index contributed by atoms with van der Waals surface area (Å²) in [5, 5.41) is 0. The lowest BCUT2D eigenvalue weighted by molar-refractivity contribution is -0.146. The monoisotopic (exact) mass is 523 g/mol. The highest BCUT2D eigenvalue weighted by Gasteiger charge is 2.18. The van der Waals surface area contributed by atoms with E-state index < -0.39 is 0 Å². The number of hydrogen-bond donors (Lipinski definition) is 0. The van der Waals surface area contributed by atoms with Gasteiger partial charge in [-0.05, 0) is 12.8 Å². The molecule has 0 aromatic carbocycles. The number of hydrogen-bond acceptors (Lipinski definition) is 2. The lowest BCUT2D eigenvalue weighted by Gasteiger charge is -2.14. The summed E-state index contributed by atoms with van der Waals surface area (Å²) < 4.78 is 5.11. The molecule has 0 saturated heterocycles. The zero-order chi connectivity index (χ0) is 27.1. The topological polar surface area (TPSA) is 26.3 Å². The van der Waals surface area contributed by atoms with Gasteiger partial charge < -0.3 is 4.74 Å². The molecule has 0 spiro atoms. The number of esters is 1. The minimum Gasteiger partial charge on any atom is -0.469 e. The van der Waals surface area contributed by atoms with Crippen LogP contribution in [0.1, 0.15) is 206 Å². The van der Waals surface area contributed by atoms with Crippen LogP contribution >= 0.6 is 0 Å². The normalized spacial score (nSPS) is 11.5. The van der Waals surface area contributed by atoms with Gasteiger partial charge in [-0.15, -0.1) is 0 Å². The van der Waals surface area contributed by atoms with Gasteiger partial charge in [-0.1, -0.05) is 194 Å². The SMILES string of the molecule is CCCCCCCCCCCCCCCCC(CCCCCCCCCCCCCCCC)C(=O)OC. The molecule has 0 N–H and O–H groups in total. The van der Waals surface area contributed by atoms with Gasteiger partial charge in [0, 0.05) is 0 Å². The summed E-state index contributed by atoms with van der Waals surface area (Å²) in [6, 6.07) is 0. The summed E-state index contributed by atoms with van der Waals surface area (Å²) >= 11 is 0. The fourth-order valence-electron chi connectivity index (χ4n) is 5.72. The molecule has 0 bridgehead atoms. The molecular formula is C35H70O2. The number of rotatable bonds is 31. The number of carbonyl (C=O) groups is 1. The zero-order valence-electron chi connectivity index (χ0n) is 26.1. The van der Waals surface area contributed by atoms with E-state index >= 15 is 0 Å². The Bertz CT molecular complexity index is 401. The Hall–Kier alpha value is -0.530. The highest BCUT2D eigenvalue weighted by molar-refractivity contribution is 5.72. The molecule has 2 heteroatoms. The molecule has 0 aliphatic carbocycles. The predicted octanol–water partition coefficient (Wildman–Crippen LogP) is 12.5. The Balaban J connectivity index is 3.51. The van der Waals surface area contributed by atoms with Crippen LogP contribution in [0.25, 0.3) is 0 Å². The van der Waals surface area contributed by atoms with Gasteiger partial charge in [0.1, 0.15) is 0 Å². The molecule has 0 aromatic heterocycles. The molecule has 2 nitrogen and oxygen atoms in total. The summed E-state index contributed by atoms with van der Waals surface area (Å²) in [6.07, 6.45) is 40.9. The number of methoxy groups -OCH3 is 1. The van der Waals surface area contributed by atoms with Gasteiger partial charge in [0.05, 0.1) is 13.0 Å². The fraction of sp³-hybridized carbons (Fsp3) is 0.971. The Morgan fingerprint density at radius 3 is 0.838 bits per heavy atom. The molecular weight excluding hydrogens is 452 g/mol. The van der Waals surface area contributed by atoms with Crippen molar-refractivity contribution >= 4 is 5.97 Å². The highest BCUT2D eigenvalue weighted by Crippen LogP contribution is 2.21. The summed E-state index contributed by atoms with van der Waals surface area (Å²) in [6.45, 7) is 4.58. The Morgan fingerprint density at radius 2 is 0.622 bits per heavy atom. The second kappa shape index (κ2) is 31.7. The van der Waals surface area contributed by atoms with Gasteiger partial charge in [-0.25, -0.2) is 0 Å². The quantitative estimate of drug-likeness (QED) is 0.0668. The average molecular weight is 523 g/mol. The van der Waals surface area contributed by atoms with E-state index in [0.29, 0.717) is 0 Å². The first-order valence-electron chi connectivity index (χ1n) is 17.3. The Morgan fingerprint density at radius 1 is 0.405 bits per heavy atom. The standard InChI is InChI=1S/C35H70O2/c1-4-6-8-10-12-14-16-18-20-22-24-26-28-30-32-34(35(36)37-3)33-31-29-27-25-23-21-19-17-15-13-11-9-7-5-2/h34H,4-33H2,1-3H3. The predicted molar refractivity (Wildman–Crippen MR) is 165 cm³/mol. The number of ether oxygens (including phenoxy) is 1. The van der Waals surface area contributed by atoms with E-state index in [1.54, 1.807) is 7.11 Å². The maximum absolute atomic E-state index is 12.2. The largest absolute Gasteiger partial charge is 0.469 e. The van der Waals surface area contributed by atoms with E-state index in [4.69, 9.17) is 4.74 Å². The van der Waals surface area contributed by atoms with Crippen molar-refractivity contribution in [3.05, 3.63) is 0 Å². The van der Waals surface area contributed by atoms with Gasteiger partial charge >= 0.3 is 5.97 Å². The minimum atomic E-state index is 0.0318. The van der Waals surface area contributed by atoms with Crippen molar-refractivity contribution in [3.63, 3.8) is 0 Å². The van der Waals surface area contributed by atoms with Crippen LogP contribution in [0.5, 0.6) is 0 Å². The van der Waals surface area contributed by atoms with Crippen molar-refractivity contribution in [3.8, 4) is 0 Å². The molecule has 0 fully saturated rings. The number of unbranched alkanes of at least 4 members (excludes halogenated alkanes) is 26. The van der Waals surface area contributed by atoms with Crippen molar-refractivity contribution < 1.29 is 9.53 Å². The second-order valence-corrected chi connectivity index (χ2v) is 12.0. The maximum Gasteiger partial charge on any atom is 0.308 e. The van der Waals surface area contributed by atoms with Gasteiger partial charge in [0.2, 0.25) is 0 Å². The minimum absolute atomic E-state index is 0.0318. The van der Waals surface area contributed by atoms with Crippen LogP contribution in [-0.4, -0.2) is 13.1 Å². The lowest BCUT2D eigenvalue weighted by Crippen LogP contribution is -2.16. The Kier molecular flexibility index (Phi) is 31.2. The first-order valence-corrected chi connectivity index (χ1v) is 17.3. The third kappa shape index (κ3) is 28.3.